The minimum atomic E-state index is -0.169. The zero-order chi connectivity index (χ0) is 43.3. The Kier molecular flexibility index (Phi) is 7.04. The molecule has 2 aliphatic heterocycles. The molecule has 4 nitrogen and oxygen atoms in total. The molecule has 0 N–H and O–H groups in total. The summed E-state index contributed by atoms with van der Waals surface area (Å²) in [5, 5.41) is 7.07. The summed E-state index contributed by atoms with van der Waals surface area (Å²) in [4.78, 5) is 2.70. The first-order valence-corrected chi connectivity index (χ1v) is 23.0. The fourth-order valence-electron chi connectivity index (χ4n) is 11.9. The van der Waals surface area contributed by atoms with Gasteiger partial charge in [-0.1, -0.05) is 124 Å². The molecule has 13 rings (SSSR count). The number of hydrogen-bond donors (Lipinski definition) is 0. The first-order valence-electron chi connectivity index (χ1n) is 23.0. The van der Waals surface area contributed by atoms with E-state index in [0.29, 0.717) is 0 Å². The fourth-order valence-corrected chi connectivity index (χ4v) is 11.9. The molecule has 3 aliphatic rings. The zero-order valence-electron chi connectivity index (χ0n) is 38.2. The number of para-hydroxylation sites is 2. The minimum Gasteiger partial charge on any atom is -0.456 e. The number of benzene rings is 7. The summed E-state index contributed by atoms with van der Waals surface area (Å²) in [5.74, 6) is 0. The smallest absolute Gasteiger partial charge is 0.333 e. The van der Waals surface area contributed by atoms with Gasteiger partial charge in [0.1, 0.15) is 22.3 Å². The molecule has 0 bridgehead atoms. The van der Waals surface area contributed by atoms with E-state index >= 15 is 0 Å². The lowest BCUT2D eigenvalue weighted by Gasteiger charge is -2.46. The van der Waals surface area contributed by atoms with Gasteiger partial charge < -0.3 is 18.2 Å². The Morgan fingerprint density at radius 3 is 1.89 bits per heavy atom. The lowest BCUT2D eigenvalue weighted by atomic mass is 9.43. The van der Waals surface area contributed by atoms with Gasteiger partial charge in [0.2, 0.25) is 0 Å². The average Bonchev–Trinajstić information content (AvgIpc) is 3.92. The number of aromatic nitrogens is 1. The van der Waals surface area contributed by atoms with E-state index in [2.05, 4.69) is 194 Å². The highest BCUT2D eigenvalue weighted by Crippen LogP contribution is 2.55. The molecule has 0 radical (unpaired) electrons. The molecule has 0 fully saturated rings. The molecule has 0 atom stereocenters. The van der Waals surface area contributed by atoms with Crippen LogP contribution in [-0.2, 0) is 21.7 Å². The summed E-state index contributed by atoms with van der Waals surface area (Å²) >= 11 is 0. The molecule has 10 aromatic rings. The molecule has 7 aromatic carbocycles. The maximum Gasteiger partial charge on any atom is 0.333 e. The maximum atomic E-state index is 7.26. The minimum absolute atomic E-state index is 0.0195. The Morgan fingerprint density at radius 1 is 0.556 bits per heavy atom. The van der Waals surface area contributed by atoms with Crippen LogP contribution >= 0.6 is 0 Å². The van der Waals surface area contributed by atoms with E-state index in [9.17, 15) is 0 Å². The van der Waals surface area contributed by atoms with Crippen LogP contribution in [0.15, 0.2) is 124 Å². The van der Waals surface area contributed by atoms with E-state index in [1.165, 1.54) is 88.6 Å². The number of nitrogens with zero attached hydrogens (tertiary/aromatic N) is 2. The molecule has 3 aromatic heterocycles. The van der Waals surface area contributed by atoms with E-state index in [1.807, 2.05) is 0 Å². The van der Waals surface area contributed by atoms with Crippen LogP contribution in [0.4, 0.5) is 11.4 Å². The molecular weight excluding hydrogens is 767 g/mol. The van der Waals surface area contributed by atoms with Crippen LogP contribution in [0.1, 0.15) is 104 Å². The third-order valence-electron chi connectivity index (χ3n) is 15.5. The van der Waals surface area contributed by atoms with E-state index in [0.717, 1.165) is 51.3 Å². The second-order valence-corrected chi connectivity index (χ2v) is 22.4. The fraction of sp³-hybridized carbons (Fsp3) is 0.276. The van der Waals surface area contributed by atoms with Crippen molar-refractivity contribution in [1.29, 1.82) is 0 Å². The third kappa shape index (κ3) is 4.89. The highest BCUT2D eigenvalue weighted by atomic mass is 16.3. The second-order valence-electron chi connectivity index (χ2n) is 22.4. The van der Waals surface area contributed by atoms with Crippen molar-refractivity contribution in [1.82, 2.24) is 4.57 Å². The number of anilines is 2. The van der Waals surface area contributed by atoms with E-state index < -0.39 is 0 Å². The van der Waals surface area contributed by atoms with E-state index in [-0.39, 0.29) is 28.5 Å². The van der Waals surface area contributed by atoms with Crippen LogP contribution in [-0.4, -0.2) is 11.4 Å². The SMILES string of the molecule is CC(C)(C)c1ccc(N2B3c4cc5oc6ccccc6c5cc4-n4c5ccc(C(C)(C)C)cc5c5c6oc7ccccc7c6c(c3c54)-c3cc4c(cc32)C(C)(C)CCC4(C)C)cc1. The van der Waals surface area contributed by atoms with Crippen molar-refractivity contribution >= 4 is 94.8 Å². The molecule has 63 heavy (non-hydrogen) atoms. The Balaban J connectivity index is 1.29. The van der Waals surface area contributed by atoms with Gasteiger partial charge in [0.15, 0.2) is 0 Å². The number of hydrogen-bond acceptors (Lipinski definition) is 3. The zero-order valence-corrected chi connectivity index (χ0v) is 38.2. The van der Waals surface area contributed by atoms with Gasteiger partial charge in [-0.3, -0.25) is 0 Å². The van der Waals surface area contributed by atoms with Gasteiger partial charge in [-0.15, -0.1) is 0 Å². The van der Waals surface area contributed by atoms with Crippen molar-refractivity contribution in [3.63, 3.8) is 0 Å². The first-order chi connectivity index (χ1) is 30.0. The van der Waals surface area contributed by atoms with Crippen LogP contribution in [0.5, 0.6) is 0 Å². The molecule has 310 valence electrons. The van der Waals surface area contributed by atoms with Gasteiger partial charge in [0.05, 0.1) is 16.4 Å². The predicted molar refractivity (Wildman–Crippen MR) is 267 cm³/mol. The monoisotopic (exact) mass is 820 g/mol. The normalized spacial score (nSPS) is 16.5. The first kappa shape index (κ1) is 37.4. The number of fused-ring (bicyclic) bond motifs is 17. The van der Waals surface area contributed by atoms with Crippen LogP contribution in [0.25, 0.3) is 82.5 Å². The quantitative estimate of drug-likeness (QED) is 0.155. The lowest BCUT2D eigenvalue weighted by molar-refractivity contribution is 0.332. The van der Waals surface area contributed by atoms with Gasteiger partial charge in [-0.05, 0) is 134 Å². The summed E-state index contributed by atoms with van der Waals surface area (Å²) in [6.45, 7) is 23.5. The Bertz CT molecular complexity index is 3650. The number of furan rings is 2. The predicted octanol–water partition coefficient (Wildman–Crippen LogP) is 14.8. The van der Waals surface area contributed by atoms with Crippen LogP contribution in [0.3, 0.4) is 0 Å². The van der Waals surface area contributed by atoms with Crippen molar-refractivity contribution < 1.29 is 8.83 Å². The standard InChI is InChI=1S/C58H53BN2O2/c1-55(2,3)32-19-22-34(23-20-32)61-44-30-41-40(57(7,8)25-26-58(41,9)10)28-39(44)49-50-36-16-12-14-18-47(36)63-54(50)51-38-27-33(56(4,5)6)21-24-43(38)60-45-29-37-35-15-11-13-17-46(35)62-48(37)31-42(45)59(61)52(49)53(51)60/h11-24,27-31H,25-26H2,1-10H3. The highest BCUT2D eigenvalue weighted by Gasteiger charge is 2.48. The molecule has 1 aliphatic carbocycles. The van der Waals surface area contributed by atoms with Gasteiger partial charge in [0.25, 0.3) is 0 Å². The summed E-state index contributed by atoms with van der Waals surface area (Å²) in [6.07, 6.45) is 2.29. The Hall–Kier alpha value is -6.20. The molecule has 0 spiro atoms. The average molecular weight is 821 g/mol. The van der Waals surface area contributed by atoms with Crippen molar-refractivity contribution in [2.75, 3.05) is 4.81 Å². The molecule has 0 amide bonds. The van der Waals surface area contributed by atoms with Gasteiger partial charge in [-0.25, -0.2) is 0 Å². The highest BCUT2D eigenvalue weighted by molar-refractivity contribution is 6.94. The third-order valence-corrected chi connectivity index (χ3v) is 15.5. The summed E-state index contributed by atoms with van der Waals surface area (Å²) in [5.41, 5.74) is 20.5. The van der Waals surface area contributed by atoms with Gasteiger partial charge in [0, 0.05) is 49.6 Å². The molecule has 5 heterocycles. The van der Waals surface area contributed by atoms with Crippen LogP contribution in [0.2, 0.25) is 0 Å². The summed E-state index contributed by atoms with van der Waals surface area (Å²) in [7, 11) is 0. The Morgan fingerprint density at radius 2 is 1.19 bits per heavy atom. The van der Waals surface area contributed by atoms with Crippen molar-refractivity contribution in [3.8, 4) is 16.8 Å². The summed E-state index contributed by atoms with van der Waals surface area (Å²) < 4.78 is 16.7. The van der Waals surface area contributed by atoms with Gasteiger partial charge in [-0.2, -0.15) is 0 Å². The molecule has 0 saturated carbocycles. The van der Waals surface area contributed by atoms with E-state index in [1.54, 1.807) is 0 Å². The van der Waals surface area contributed by atoms with Crippen molar-refractivity contribution in [2.45, 2.75) is 104 Å². The van der Waals surface area contributed by atoms with E-state index in [4.69, 9.17) is 8.83 Å². The molecular formula is C58H53BN2O2. The second kappa shape index (κ2) is 11.9. The largest absolute Gasteiger partial charge is 0.456 e. The lowest BCUT2D eigenvalue weighted by Crippen LogP contribution is -2.60. The van der Waals surface area contributed by atoms with Gasteiger partial charge >= 0.3 is 6.85 Å². The van der Waals surface area contributed by atoms with Crippen molar-refractivity contribution in [2.24, 2.45) is 0 Å². The number of rotatable bonds is 1. The van der Waals surface area contributed by atoms with Crippen LogP contribution in [0, 0.1) is 0 Å². The molecule has 0 unspecified atom stereocenters. The topological polar surface area (TPSA) is 34.5 Å². The Labute approximate surface area is 369 Å². The molecule has 0 saturated heterocycles. The van der Waals surface area contributed by atoms with Crippen LogP contribution < -0.4 is 15.7 Å². The maximum absolute atomic E-state index is 7.26. The van der Waals surface area contributed by atoms with Crippen molar-refractivity contribution in [3.05, 3.63) is 138 Å². The molecule has 5 heteroatoms. The summed E-state index contributed by atoms with van der Waals surface area (Å²) in [6, 6.07) is 43.9.